The first-order chi connectivity index (χ1) is 8.13. The van der Waals surface area contributed by atoms with E-state index < -0.39 is 0 Å². The highest BCUT2D eigenvalue weighted by molar-refractivity contribution is 5.28. The van der Waals surface area contributed by atoms with Gasteiger partial charge >= 0.3 is 0 Å². The Balaban J connectivity index is 2.11. The lowest BCUT2D eigenvalue weighted by Crippen LogP contribution is -2.33. The van der Waals surface area contributed by atoms with E-state index in [-0.39, 0.29) is 5.54 Å². The lowest BCUT2D eigenvalue weighted by molar-refractivity contribution is 0.280. The van der Waals surface area contributed by atoms with E-state index >= 15 is 0 Å². The number of hydrogen-bond acceptors (Lipinski definition) is 5. The number of anilines is 1. The second-order valence-corrected chi connectivity index (χ2v) is 5.18. The van der Waals surface area contributed by atoms with Crippen molar-refractivity contribution in [2.75, 3.05) is 25.0 Å². The average Bonchev–Trinajstić information content (AvgIpc) is 2.67. The average molecular weight is 238 g/mol. The molecule has 0 radical (unpaired) electrons. The smallest absolute Gasteiger partial charge is 0.266 e. The van der Waals surface area contributed by atoms with Crippen LogP contribution in [0.2, 0.25) is 0 Å². The Morgan fingerprint density at radius 2 is 1.82 bits per heavy atom. The van der Waals surface area contributed by atoms with Crippen molar-refractivity contribution >= 4 is 5.95 Å². The number of nitrogens with zero attached hydrogens (tertiary/aromatic N) is 3. The quantitative estimate of drug-likeness (QED) is 0.871. The molecular formula is C12H22N4O. The molecule has 0 unspecified atom stereocenters. The molecular weight excluding hydrogens is 216 g/mol. The van der Waals surface area contributed by atoms with E-state index in [2.05, 4.69) is 20.4 Å². The highest BCUT2D eigenvalue weighted by atomic mass is 16.5. The Labute approximate surface area is 103 Å². The maximum atomic E-state index is 5.35. The first kappa shape index (κ1) is 12.4. The van der Waals surface area contributed by atoms with Gasteiger partial charge in [-0.15, -0.1) is 0 Å². The lowest BCUT2D eigenvalue weighted by Gasteiger charge is -2.19. The molecule has 5 nitrogen and oxygen atoms in total. The van der Waals surface area contributed by atoms with Crippen LogP contribution < -0.4 is 10.2 Å². The first-order valence-electron chi connectivity index (χ1n) is 6.41. The first-order valence-corrected chi connectivity index (χ1v) is 6.41. The van der Waals surface area contributed by atoms with Crippen LogP contribution in [0.25, 0.3) is 0 Å². The third-order valence-corrected chi connectivity index (χ3v) is 3.46. The Hall–Kier alpha value is -1.10. The van der Waals surface area contributed by atoms with Gasteiger partial charge < -0.3 is 14.7 Å². The van der Waals surface area contributed by atoms with E-state index in [1.165, 1.54) is 25.7 Å². The topological polar surface area (TPSA) is 54.2 Å². The van der Waals surface area contributed by atoms with Crippen molar-refractivity contribution in [1.82, 2.24) is 15.5 Å². The van der Waals surface area contributed by atoms with Crippen molar-refractivity contribution in [2.24, 2.45) is 0 Å². The molecule has 5 heteroatoms. The molecule has 0 bridgehead atoms. The Morgan fingerprint density at radius 1 is 1.18 bits per heavy atom. The van der Waals surface area contributed by atoms with Crippen LogP contribution in [0.1, 0.15) is 45.4 Å². The highest BCUT2D eigenvalue weighted by Gasteiger charge is 2.26. The molecule has 1 aromatic rings. The summed E-state index contributed by atoms with van der Waals surface area (Å²) in [5, 5.41) is 7.27. The summed E-state index contributed by atoms with van der Waals surface area (Å²) < 4.78 is 5.35. The van der Waals surface area contributed by atoms with Gasteiger partial charge in [0, 0.05) is 13.1 Å². The normalized spacial score (nSPS) is 18.2. The van der Waals surface area contributed by atoms with Gasteiger partial charge in [0.15, 0.2) is 0 Å². The highest BCUT2D eigenvalue weighted by Crippen LogP contribution is 2.21. The van der Waals surface area contributed by atoms with Gasteiger partial charge in [-0.2, -0.15) is 4.98 Å². The van der Waals surface area contributed by atoms with E-state index in [1.54, 1.807) is 0 Å². The SMILES string of the molecule is CNC(C)(C)c1nc(N2CCCCCC2)no1. The molecule has 0 aromatic carbocycles. The third kappa shape index (κ3) is 2.77. The lowest BCUT2D eigenvalue weighted by atomic mass is 10.1. The largest absolute Gasteiger partial charge is 0.338 e. The van der Waals surface area contributed by atoms with Crippen LogP contribution in [0.4, 0.5) is 5.95 Å². The summed E-state index contributed by atoms with van der Waals surface area (Å²) in [5.41, 5.74) is -0.267. The van der Waals surface area contributed by atoms with Crippen molar-refractivity contribution in [3.8, 4) is 0 Å². The minimum atomic E-state index is -0.267. The van der Waals surface area contributed by atoms with E-state index in [9.17, 15) is 0 Å². The van der Waals surface area contributed by atoms with Crippen molar-refractivity contribution in [3.05, 3.63) is 5.89 Å². The van der Waals surface area contributed by atoms with Crippen LogP contribution in [0.3, 0.4) is 0 Å². The van der Waals surface area contributed by atoms with Gasteiger partial charge in [-0.25, -0.2) is 0 Å². The maximum absolute atomic E-state index is 5.35. The molecule has 1 N–H and O–H groups in total. The zero-order valence-electron chi connectivity index (χ0n) is 11.0. The summed E-state index contributed by atoms with van der Waals surface area (Å²) in [7, 11) is 1.90. The fourth-order valence-corrected chi connectivity index (χ4v) is 1.98. The molecule has 0 spiro atoms. The van der Waals surface area contributed by atoms with Gasteiger partial charge in [-0.3, -0.25) is 0 Å². The summed E-state index contributed by atoms with van der Waals surface area (Å²) in [6.07, 6.45) is 5.06. The van der Waals surface area contributed by atoms with Crippen LogP contribution in [-0.2, 0) is 5.54 Å². The molecule has 1 saturated heterocycles. The number of rotatable bonds is 3. The monoisotopic (exact) mass is 238 g/mol. The molecule has 0 amide bonds. The second kappa shape index (κ2) is 5.04. The van der Waals surface area contributed by atoms with Gasteiger partial charge in [0.2, 0.25) is 5.89 Å². The van der Waals surface area contributed by atoms with Gasteiger partial charge in [-0.1, -0.05) is 12.8 Å². The van der Waals surface area contributed by atoms with E-state index in [0.29, 0.717) is 5.89 Å². The predicted molar refractivity (Wildman–Crippen MR) is 67.1 cm³/mol. The van der Waals surface area contributed by atoms with Crippen LogP contribution >= 0.6 is 0 Å². The zero-order valence-corrected chi connectivity index (χ0v) is 11.0. The Morgan fingerprint density at radius 3 is 2.41 bits per heavy atom. The Kier molecular flexibility index (Phi) is 3.66. The number of hydrogen-bond donors (Lipinski definition) is 1. The minimum Gasteiger partial charge on any atom is -0.338 e. The maximum Gasteiger partial charge on any atom is 0.266 e. The molecule has 1 fully saturated rings. The zero-order chi connectivity index (χ0) is 12.3. The molecule has 2 heterocycles. The third-order valence-electron chi connectivity index (χ3n) is 3.46. The molecule has 1 aromatic heterocycles. The molecule has 1 aliphatic heterocycles. The van der Waals surface area contributed by atoms with E-state index in [1.807, 2.05) is 20.9 Å². The fourth-order valence-electron chi connectivity index (χ4n) is 1.98. The number of aromatic nitrogens is 2. The summed E-state index contributed by atoms with van der Waals surface area (Å²) >= 11 is 0. The molecule has 0 saturated carbocycles. The standard InChI is InChI=1S/C12H22N4O/c1-12(2,13-3)10-14-11(15-17-10)16-8-6-4-5-7-9-16/h13H,4-9H2,1-3H3. The second-order valence-electron chi connectivity index (χ2n) is 5.18. The molecule has 96 valence electrons. The van der Waals surface area contributed by atoms with Crippen molar-refractivity contribution in [1.29, 1.82) is 0 Å². The van der Waals surface area contributed by atoms with Gasteiger partial charge in [-0.05, 0) is 38.9 Å². The molecule has 2 rings (SSSR count). The molecule has 0 atom stereocenters. The predicted octanol–water partition coefficient (Wildman–Crippen LogP) is 1.90. The van der Waals surface area contributed by atoms with Crippen LogP contribution in [0, 0.1) is 0 Å². The summed E-state index contributed by atoms with van der Waals surface area (Å²) in [5.74, 6) is 1.39. The Bertz CT molecular complexity index is 353. The molecule has 1 aliphatic rings. The fraction of sp³-hybridized carbons (Fsp3) is 0.833. The van der Waals surface area contributed by atoms with Crippen molar-refractivity contribution in [3.63, 3.8) is 0 Å². The van der Waals surface area contributed by atoms with E-state index in [4.69, 9.17) is 4.52 Å². The van der Waals surface area contributed by atoms with Gasteiger partial charge in [0.1, 0.15) is 0 Å². The summed E-state index contributed by atoms with van der Waals surface area (Å²) in [4.78, 5) is 6.73. The summed E-state index contributed by atoms with van der Waals surface area (Å²) in [6, 6.07) is 0. The van der Waals surface area contributed by atoms with Gasteiger partial charge in [0.25, 0.3) is 5.95 Å². The van der Waals surface area contributed by atoms with Gasteiger partial charge in [0.05, 0.1) is 5.54 Å². The van der Waals surface area contributed by atoms with Crippen LogP contribution in [0.15, 0.2) is 4.52 Å². The van der Waals surface area contributed by atoms with Crippen molar-refractivity contribution in [2.45, 2.75) is 45.1 Å². The minimum absolute atomic E-state index is 0.267. The number of nitrogens with one attached hydrogen (secondary N) is 1. The van der Waals surface area contributed by atoms with Crippen LogP contribution in [-0.4, -0.2) is 30.3 Å². The molecule has 17 heavy (non-hydrogen) atoms. The molecule has 0 aliphatic carbocycles. The van der Waals surface area contributed by atoms with Crippen LogP contribution in [0.5, 0.6) is 0 Å². The summed E-state index contributed by atoms with van der Waals surface area (Å²) in [6.45, 7) is 6.15. The van der Waals surface area contributed by atoms with E-state index in [0.717, 1.165) is 19.0 Å². The van der Waals surface area contributed by atoms with Crippen molar-refractivity contribution < 1.29 is 4.52 Å².